The fourth-order valence-electron chi connectivity index (χ4n) is 1.56. The van der Waals surface area contributed by atoms with Crippen molar-refractivity contribution in [3.05, 3.63) is 45.6 Å². The summed E-state index contributed by atoms with van der Waals surface area (Å²) in [5.41, 5.74) is 0.896. The largest absolute Gasteiger partial charge is 0.453 e. The molecule has 5 heteroatoms. The first-order valence-corrected chi connectivity index (χ1v) is 5.84. The Labute approximate surface area is 113 Å². The summed E-state index contributed by atoms with van der Waals surface area (Å²) in [6.45, 7) is 1.43. The van der Waals surface area contributed by atoms with Crippen LogP contribution in [0.1, 0.15) is 27.8 Å². The number of halogens is 2. The van der Waals surface area contributed by atoms with E-state index in [-0.39, 0.29) is 11.5 Å². The average Bonchev–Trinajstić information content (AvgIpc) is 2.76. The lowest BCUT2D eigenvalue weighted by molar-refractivity contribution is 0.101. The molecule has 18 heavy (non-hydrogen) atoms. The number of carbonyl (C=O) groups excluding carboxylic acids is 2. The minimum atomic E-state index is -0.127. The zero-order chi connectivity index (χ0) is 13.3. The zero-order valence-corrected chi connectivity index (χ0v) is 10.9. The molecule has 0 bridgehead atoms. The van der Waals surface area contributed by atoms with Crippen molar-refractivity contribution in [2.75, 3.05) is 0 Å². The van der Waals surface area contributed by atoms with E-state index >= 15 is 0 Å². The molecule has 1 heterocycles. The van der Waals surface area contributed by atoms with E-state index in [0.29, 0.717) is 33.2 Å². The average molecular weight is 283 g/mol. The Bertz CT molecular complexity index is 606. The summed E-state index contributed by atoms with van der Waals surface area (Å²) < 4.78 is 5.26. The molecule has 0 saturated heterocycles. The van der Waals surface area contributed by atoms with Crippen molar-refractivity contribution < 1.29 is 14.0 Å². The molecule has 3 nitrogen and oxygen atoms in total. The molecule has 0 unspecified atom stereocenters. The Morgan fingerprint density at radius 1 is 1.22 bits per heavy atom. The molecule has 1 aromatic heterocycles. The Hall–Kier alpha value is -1.58. The van der Waals surface area contributed by atoms with E-state index in [2.05, 4.69) is 0 Å². The predicted molar refractivity (Wildman–Crippen MR) is 69.6 cm³/mol. The lowest BCUT2D eigenvalue weighted by Gasteiger charge is -2.06. The second-order valence-electron chi connectivity index (χ2n) is 3.69. The van der Waals surface area contributed by atoms with Gasteiger partial charge in [-0.15, -0.1) is 0 Å². The van der Waals surface area contributed by atoms with E-state index in [1.807, 2.05) is 0 Å². The van der Waals surface area contributed by atoms with Crippen molar-refractivity contribution in [3.8, 4) is 11.3 Å². The van der Waals surface area contributed by atoms with Gasteiger partial charge in [-0.2, -0.15) is 0 Å². The van der Waals surface area contributed by atoms with E-state index < -0.39 is 0 Å². The normalized spacial score (nSPS) is 10.4. The van der Waals surface area contributed by atoms with Crippen LogP contribution in [-0.2, 0) is 0 Å². The van der Waals surface area contributed by atoms with Gasteiger partial charge in [-0.1, -0.05) is 23.2 Å². The van der Waals surface area contributed by atoms with Crippen molar-refractivity contribution in [2.45, 2.75) is 6.92 Å². The Kier molecular flexibility index (Phi) is 3.55. The Balaban J connectivity index is 2.57. The maximum absolute atomic E-state index is 11.3. The van der Waals surface area contributed by atoms with Crippen molar-refractivity contribution in [1.29, 1.82) is 0 Å². The number of carbonyl (C=O) groups is 2. The standard InChI is InChI=1S/C13H8Cl2O3/c1-7(17)8-4-10(14)13(11(15)5-8)12-3-2-9(6-16)18-12/h2-6H,1H3. The van der Waals surface area contributed by atoms with E-state index in [0.717, 1.165) is 0 Å². The van der Waals surface area contributed by atoms with Crippen LogP contribution in [-0.4, -0.2) is 12.1 Å². The molecule has 0 N–H and O–H groups in total. The zero-order valence-electron chi connectivity index (χ0n) is 9.37. The second kappa shape index (κ2) is 4.96. The molecule has 0 amide bonds. The van der Waals surface area contributed by atoms with Gasteiger partial charge < -0.3 is 4.42 Å². The maximum atomic E-state index is 11.3. The molecule has 0 aliphatic heterocycles. The van der Waals surface area contributed by atoms with E-state index in [9.17, 15) is 9.59 Å². The minimum absolute atomic E-state index is 0.127. The summed E-state index contributed by atoms with van der Waals surface area (Å²) in [4.78, 5) is 21.8. The van der Waals surface area contributed by atoms with Gasteiger partial charge in [0.05, 0.1) is 15.6 Å². The third-order valence-corrected chi connectivity index (χ3v) is 3.03. The second-order valence-corrected chi connectivity index (χ2v) is 4.51. The van der Waals surface area contributed by atoms with Gasteiger partial charge in [-0.3, -0.25) is 9.59 Å². The van der Waals surface area contributed by atoms with Gasteiger partial charge in [0, 0.05) is 5.56 Å². The highest BCUT2D eigenvalue weighted by molar-refractivity contribution is 6.39. The predicted octanol–water partition coefficient (Wildman–Crippen LogP) is 4.27. The SMILES string of the molecule is CC(=O)c1cc(Cl)c(-c2ccc(C=O)o2)c(Cl)c1. The molecule has 0 atom stereocenters. The van der Waals surface area contributed by atoms with Crippen LogP contribution in [0.4, 0.5) is 0 Å². The molecule has 2 aromatic rings. The monoisotopic (exact) mass is 282 g/mol. The van der Waals surface area contributed by atoms with Crippen molar-refractivity contribution in [1.82, 2.24) is 0 Å². The molecular weight excluding hydrogens is 275 g/mol. The summed E-state index contributed by atoms with van der Waals surface area (Å²) in [6.07, 6.45) is 0.593. The maximum Gasteiger partial charge on any atom is 0.185 e. The van der Waals surface area contributed by atoms with Crippen LogP contribution in [0.2, 0.25) is 10.0 Å². The van der Waals surface area contributed by atoms with Crippen LogP contribution >= 0.6 is 23.2 Å². The van der Waals surface area contributed by atoms with Gasteiger partial charge >= 0.3 is 0 Å². The molecule has 0 aliphatic rings. The first-order valence-electron chi connectivity index (χ1n) is 5.08. The number of ketones is 1. The number of Topliss-reactive ketones (excluding diaryl/α,β-unsaturated/α-hetero) is 1. The topological polar surface area (TPSA) is 47.3 Å². The molecule has 0 fully saturated rings. The highest BCUT2D eigenvalue weighted by Crippen LogP contribution is 2.36. The van der Waals surface area contributed by atoms with Crippen molar-refractivity contribution >= 4 is 35.3 Å². The van der Waals surface area contributed by atoms with Gasteiger partial charge in [0.1, 0.15) is 5.76 Å². The molecule has 0 saturated carbocycles. The number of benzene rings is 1. The molecule has 0 radical (unpaired) electrons. The third-order valence-electron chi connectivity index (χ3n) is 2.44. The summed E-state index contributed by atoms with van der Waals surface area (Å²) in [5, 5.41) is 0.610. The van der Waals surface area contributed by atoms with Gasteiger partial charge in [0.25, 0.3) is 0 Å². The Morgan fingerprint density at radius 2 is 1.83 bits per heavy atom. The van der Waals surface area contributed by atoms with Crippen LogP contribution in [0.15, 0.2) is 28.7 Å². The van der Waals surface area contributed by atoms with E-state index in [1.54, 1.807) is 6.07 Å². The lowest BCUT2D eigenvalue weighted by atomic mass is 10.1. The number of furan rings is 1. The van der Waals surface area contributed by atoms with Gasteiger partial charge in [-0.05, 0) is 31.2 Å². The highest BCUT2D eigenvalue weighted by Gasteiger charge is 2.15. The van der Waals surface area contributed by atoms with Crippen molar-refractivity contribution in [3.63, 3.8) is 0 Å². The number of hydrogen-bond acceptors (Lipinski definition) is 3. The fourth-order valence-corrected chi connectivity index (χ4v) is 2.24. The van der Waals surface area contributed by atoms with Crippen LogP contribution in [0, 0.1) is 0 Å². The van der Waals surface area contributed by atoms with Crippen LogP contribution < -0.4 is 0 Å². The molecule has 1 aromatic carbocycles. The summed E-state index contributed by atoms with van der Waals surface area (Å²) in [7, 11) is 0. The molecule has 0 aliphatic carbocycles. The van der Waals surface area contributed by atoms with Gasteiger partial charge in [-0.25, -0.2) is 0 Å². The van der Waals surface area contributed by atoms with Crippen LogP contribution in [0.5, 0.6) is 0 Å². The van der Waals surface area contributed by atoms with E-state index in [1.165, 1.54) is 25.1 Å². The Morgan fingerprint density at radius 3 is 2.28 bits per heavy atom. The smallest absolute Gasteiger partial charge is 0.185 e. The first-order chi connectivity index (χ1) is 8.52. The van der Waals surface area contributed by atoms with Crippen LogP contribution in [0.3, 0.4) is 0 Å². The molecule has 0 spiro atoms. The van der Waals surface area contributed by atoms with Crippen molar-refractivity contribution in [2.24, 2.45) is 0 Å². The number of rotatable bonds is 3. The number of hydrogen-bond donors (Lipinski definition) is 0. The summed E-state index contributed by atoms with van der Waals surface area (Å²) in [5.74, 6) is 0.452. The fraction of sp³-hybridized carbons (Fsp3) is 0.0769. The van der Waals surface area contributed by atoms with Gasteiger partial charge in [0.2, 0.25) is 0 Å². The van der Waals surface area contributed by atoms with E-state index in [4.69, 9.17) is 27.6 Å². The number of aldehydes is 1. The quantitative estimate of drug-likeness (QED) is 0.624. The van der Waals surface area contributed by atoms with Crippen LogP contribution in [0.25, 0.3) is 11.3 Å². The first kappa shape index (κ1) is 12.9. The molecule has 92 valence electrons. The van der Waals surface area contributed by atoms with Gasteiger partial charge in [0.15, 0.2) is 17.8 Å². The lowest BCUT2D eigenvalue weighted by Crippen LogP contribution is -1.93. The third kappa shape index (κ3) is 2.33. The highest BCUT2D eigenvalue weighted by atomic mass is 35.5. The minimum Gasteiger partial charge on any atom is -0.453 e. The molecular formula is C13H8Cl2O3. The molecule has 2 rings (SSSR count). The summed E-state index contributed by atoms with van der Waals surface area (Å²) >= 11 is 12.2. The summed E-state index contributed by atoms with van der Waals surface area (Å²) in [6, 6.07) is 6.17.